The molecule has 0 aliphatic rings. The van der Waals surface area contributed by atoms with Gasteiger partial charge in [0.1, 0.15) is 7.05 Å². The van der Waals surface area contributed by atoms with Gasteiger partial charge in [0.25, 0.3) is 0 Å². The zero-order valence-corrected chi connectivity index (χ0v) is 20.5. The van der Waals surface area contributed by atoms with E-state index in [1.165, 1.54) is 55.4 Å². The minimum absolute atomic E-state index is 0.0272. The van der Waals surface area contributed by atoms with Crippen LogP contribution in [0.2, 0.25) is 0 Å². The molecule has 0 N–H and O–H groups in total. The summed E-state index contributed by atoms with van der Waals surface area (Å²) in [7, 11) is 2.15. The van der Waals surface area contributed by atoms with E-state index >= 15 is 0 Å². The molecular weight excluding hydrogens is 400 g/mol. The zero-order chi connectivity index (χ0) is 23.3. The molecule has 2 heteroatoms. The van der Waals surface area contributed by atoms with Crippen molar-refractivity contribution in [3.05, 3.63) is 102 Å². The van der Waals surface area contributed by atoms with Crippen molar-refractivity contribution in [2.45, 2.75) is 40.0 Å². The van der Waals surface area contributed by atoms with Crippen LogP contribution in [0.25, 0.3) is 38.6 Å². The van der Waals surface area contributed by atoms with Gasteiger partial charge in [0.15, 0.2) is 11.9 Å². The molecule has 0 aliphatic carbocycles. The smallest absolute Gasteiger partial charge is 0.200 e. The monoisotopic (exact) mass is 432 g/mol. The van der Waals surface area contributed by atoms with E-state index in [4.69, 9.17) is 0 Å². The van der Waals surface area contributed by atoms with Crippen LogP contribution in [0.4, 0.5) is 0 Å². The summed E-state index contributed by atoms with van der Waals surface area (Å²) in [4.78, 5) is 0. The van der Waals surface area contributed by atoms with Crippen LogP contribution in [0.1, 0.15) is 37.6 Å². The normalized spacial score (nSPS) is 11.9. The summed E-state index contributed by atoms with van der Waals surface area (Å²) in [6.07, 6.45) is 2.18. The largest absolute Gasteiger partial charge is 0.220 e. The van der Waals surface area contributed by atoms with E-state index in [2.05, 4.69) is 136 Å². The first-order valence-corrected chi connectivity index (χ1v) is 11.7. The Morgan fingerprint density at radius 3 is 2.18 bits per heavy atom. The highest BCUT2D eigenvalue weighted by molar-refractivity contribution is 5.94. The Balaban J connectivity index is 1.93. The Morgan fingerprint density at radius 1 is 0.727 bits per heavy atom. The summed E-state index contributed by atoms with van der Waals surface area (Å²) in [5.41, 5.74) is 8.92. The first-order valence-electron chi connectivity index (χ1n) is 11.7. The van der Waals surface area contributed by atoms with E-state index < -0.39 is 0 Å². The molecule has 0 atom stereocenters. The Morgan fingerprint density at radius 2 is 1.42 bits per heavy atom. The van der Waals surface area contributed by atoms with E-state index in [-0.39, 0.29) is 5.41 Å². The van der Waals surface area contributed by atoms with Gasteiger partial charge < -0.3 is 0 Å². The molecule has 2 aromatic heterocycles. The maximum atomic E-state index is 2.43. The van der Waals surface area contributed by atoms with E-state index in [1.807, 2.05) is 0 Å². The number of hydrogen-bond donors (Lipinski definition) is 0. The minimum atomic E-state index is 0.0272. The molecule has 0 saturated heterocycles. The van der Waals surface area contributed by atoms with Gasteiger partial charge in [-0.25, -0.2) is 4.57 Å². The van der Waals surface area contributed by atoms with Gasteiger partial charge in [-0.1, -0.05) is 51.1 Å². The third-order valence-corrected chi connectivity index (χ3v) is 6.82. The molecule has 0 amide bonds. The number of benzene rings is 3. The van der Waals surface area contributed by atoms with Crippen LogP contribution in [0.5, 0.6) is 0 Å². The molecule has 2 nitrogen and oxygen atoms in total. The van der Waals surface area contributed by atoms with Crippen molar-refractivity contribution in [1.82, 2.24) is 0 Å². The van der Waals surface area contributed by atoms with E-state index in [9.17, 15) is 0 Å². The van der Waals surface area contributed by atoms with Gasteiger partial charge in [-0.3, -0.25) is 0 Å². The van der Waals surface area contributed by atoms with Crippen LogP contribution in [-0.4, -0.2) is 0 Å². The first-order chi connectivity index (χ1) is 15.8. The maximum absolute atomic E-state index is 2.43. The molecule has 0 spiro atoms. The molecule has 0 fully saturated rings. The summed E-state index contributed by atoms with van der Waals surface area (Å²) in [6, 6.07) is 28.8. The quantitative estimate of drug-likeness (QED) is 0.275. The lowest BCUT2D eigenvalue weighted by atomic mass is 9.83. The van der Waals surface area contributed by atoms with Crippen molar-refractivity contribution in [2.24, 2.45) is 7.05 Å². The molecule has 0 saturated carbocycles. The summed E-state index contributed by atoms with van der Waals surface area (Å²) >= 11 is 0. The van der Waals surface area contributed by atoms with E-state index in [0.29, 0.717) is 0 Å². The summed E-state index contributed by atoms with van der Waals surface area (Å²) in [5, 5.41) is 3.80. The van der Waals surface area contributed by atoms with Crippen molar-refractivity contribution >= 4 is 21.7 Å². The summed E-state index contributed by atoms with van der Waals surface area (Å²) in [5.74, 6) is 0. The lowest BCUT2D eigenvalue weighted by molar-refractivity contribution is -0.659. The predicted molar refractivity (Wildman–Crippen MR) is 138 cm³/mol. The van der Waals surface area contributed by atoms with Gasteiger partial charge in [0.05, 0.1) is 10.9 Å². The van der Waals surface area contributed by atoms with Crippen LogP contribution in [0, 0.1) is 13.8 Å². The van der Waals surface area contributed by atoms with Crippen molar-refractivity contribution in [3.8, 4) is 16.9 Å². The van der Waals surface area contributed by atoms with Gasteiger partial charge in [-0.05, 0) is 47.6 Å². The number of aromatic nitrogens is 2. The highest BCUT2D eigenvalue weighted by Gasteiger charge is 2.28. The lowest BCUT2D eigenvalue weighted by Crippen LogP contribution is -2.37. The number of rotatable bonds is 2. The maximum Gasteiger partial charge on any atom is 0.220 e. The number of hydrogen-bond acceptors (Lipinski definition) is 0. The highest BCUT2D eigenvalue weighted by Crippen LogP contribution is 2.35. The van der Waals surface area contributed by atoms with Crippen LogP contribution in [0.15, 0.2) is 85.1 Å². The summed E-state index contributed by atoms with van der Waals surface area (Å²) < 4.78 is 4.69. The lowest BCUT2D eigenvalue weighted by Gasteiger charge is -2.22. The number of aryl methyl sites for hydroxylation is 2. The van der Waals surface area contributed by atoms with Crippen LogP contribution in [-0.2, 0) is 12.5 Å². The van der Waals surface area contributed by atoms with E-state index in [0.717, 1.165) is 0 Å². The van der Waals surface area contributed by atoms with Gasteiger partial charge in [0, 0.05) is 42.1 Å². The second kappa shape index (κ2) is 7.81. The Bertz CT molecular complexity index is 1410. The average molecular weight is 433 g/mol. The zero-order valence-electron chi connectivity index (χ0n) is 20.5. The molecule has 5 aromatic rings. The molecule has 5 rings (SSSR count). The molecule has 2 heterocycles. The molecular formula is C31H32N2+2. The number of fused-ring (bicyclic) bond motifs is 2. The second-order valence-corrected chi connectivity index (χ2v) is 10.1. The Kier molecular flexibility index (Phi) is 5.05. The van der Waals surface area contributed by atoms with Gasteiger partial charge in [-0.2, -0.15) is 4.57 Å². The SMILES string of the molecule is Cc1c(-c2c3ccccc3cc[n+]2C)cc(C(C)(C)C)cc1-[n+]1c(C)ccc2ccccc21. The third-order valence-electron chi connectivity index (χ3n) is 6.82. The molecule has 3 aromatic carbocycles. The third kappa shape index (κ3) is 3.60. The average Bonchev–Trinajstić information content (AvgIpc) is 2.79. The highest BCUT2D eigenvalue weighted by atomic mass is 15.0. The second-order valence-electron chi connectivity index (χ2n) is 10.1. The van der Waals surface area contributed by atoms with Crippen molar-refractivity contribution < 1.29 is 9.13 Å². The topological polar surface area (TPSA) is 7.76 Å². The standard InChI is InChI=1S/C31H32N2/c1-21-15-16-24-12-8-10-14-28(24)33(21)29-20-25(31(3,4)5)19-27(22(29)2)30-26-13-9-7-11-23(26)17-18-32(30)6/h7-20H,1-6H3/q+2. The van der Waals surface area contributed by atoms with Gasteiger partial charge in [-0.15, -0.1) is 0 Å². The predicted octanol–water partition coefficient (Wildman–Crippen LogP) is 6.68. The van der Waals surface area contributed by atoms with Crippen LogP contribution in [0.3, 0.4) is 0 Å². The van der Waals surface area contributed by atoms with Crippen molar-refractivity contribution in [1.29, 1.82) is 0 Å². The molecule has 164 valence electrons. The van der Waals surface area contributed by atoms with Gasteiger partial charge in [0.2, 0.25) is 16.9 Å². The molecule has 0 radical (unpaired) electrons. The number of pyridine rings is 2. The van der Waals surface area contributed by atoms with Crippen molar-refractivity contribution in [3.63, 3.8) is 0 Å². The molecule has 33 heavy (non-hydrogen) atoms. The summed E-state index contributed by atoms with van der Waals surface area (Å²) in [6.45, 7) is 11.4. The fraction of sp³-hybridized carbons (Fsp3) is 0.226. The van der Waals surface area contributed by atoms with Gasteiger partial charge >= 0.3 is 0 Å². The molecule has 0 bridgehead atoms. The Hall–Kier alpha value is -3.52. The first kappa shape index (κ1) is 21.3. The van der Waals surface area contributed by atoms with E-state index in [1.54, 1.807) is 0 Å². The molecule has 0 aliphatic heterocycles. The van der Waals surface area contributed by atoms with Crippen molar-refractivity contribution in [2.75, 3.05) is 0 Å². The van der Waals surface area contributed by atoms with Crippen LogP contribution < -0.4 is 9.13 Å². The number of nitrogens with zero attached hydrogens (tertiary/aromatic N) is 2. The molecule has 0 unspecified atom stereocenters. The fourth-order valence-electron chi connectivity index (χ4n) is 4.89. The fourth-order valence-corrected chi connectivity index (χ4v) is 4.89. The Labute approximate surface area is 196 Å². The van der Waals surface area contributed by atoms with Crippen LogP contribution >= 0.6 is 0 Å². The minimum Gasteiger partial charge on any atom is -0.200 e. The number of para-hydroxylation sites is 1.